The quantitative estimate of drug-likeness (QED) is 0.410. The first-order chi connectivity index (χ1) is 14.2. The van der Waals surface area contributed by atoms with Crippen LogP contribution in [0.5, 0.6) is 23.0 Å². The number of nitrogens with zero attached hydrogens (tertiary/aromatic N) is 3. The Morgan fingerprint density at radius 1 is 1.03 bits per heavy atom. The van der Waals surface area contributed by atoms with Gasteiger partial charge in [-0.25, -0.2) is 0 Å². The highest BCUT2D eigenvalue weighted by Gasteiger charge is 2.27. The molecule has 152 valence electrons. The van der Waals surface area contributed by atoms with Crippen molar-refractivity contribution in [2.75, 3.05) is 25.6 Å². The van der Waals surface area contributed by atoms with Crippen molar-refractivity contribution in [1.82, 2.24) is 14.8 Å². The second kappa shape index (κ2) is 9.09. The van der Waals surface area contributed by atoms with Crippen LogP contribution in [0.4, 0.5) is 0 Å². The molecule has 0 N–H and O–H groups in total. The SMILES string of the molecule is CCOc1ccc(OCCSc2nnc(C3COc4ccccc4O3)n2C)cc1. The van der Waals surface area contributed by atoms with E-state index in [9.17, 15) is 0 Å². The lowest BCUT2D eigenvalue weighted by atomic mass is 10.2. The van der Waals surface area contributed by atoms with Crippen LogP contribution >= 0.6 is 11.8 Å². The van der Waals surface area contributed by atoms with Gasteiger partial charge in [0.2, 0.25) is 0 Å². The van der Waals surface area contributed by atoms with Crippen LogP contribution in [0, 0.1) is 0 Å². The van der Waals surface area contributed by atoms with E-state index in [1.54, 1.807) is 11.8 Å². The molecule has 0 spiro atoms. The molecule has 1 atom stereocenters. The minimum absolute atomic E-state index is 0.281. The van der Waals surface area contributed by atoms with Gasteiger partial charge in [0.15, 0.2) is 28.6 Å². The fourth-order valence-corrected chi connectivity index (χ4v) is 3.71. The van der Waals surface area contributed by atoms with Crippen LogP contribution in [-0.2, 0) is 7.05 Å². The van der Waals surface area contributed by atoms with Crippen LogP contribution in [0.25, 0.3) is 0 Å². The Morgan fingerprint density at radius 2 is 1.76 bits per heavy atom. The summed E-state index contributed by atoms with van der Waals surface area (Å²) in [6, 6.07) is 15.3. The van der Waals surface area contributed by atoms with Crippen molar-refractivity contribution in [1.29, 1.82) is 0 Å². The summed E-state index contributed by atoms with van der Waals surface area (Å²) >= 11 is 1.59. The number of hydrogen-bond acceptors (Lipinski definition) is 7. The molecule has 2 aromatic carbocycles. The Balaban J connectivity index is 1.29. The standard InChI is InChI=1S/C21H23N3O4S/c1-3-25-15-8-10-16(11-9-15)26-12-13-29-21-23-22-20(24(21)2)19-14-27-17-6-4-5-7-18(17)28-19/h4-11,19H,3,12-14H2,1-2H3. The van der Waals surface area contributed by atoms with Gasteiger partial charge in [-0.15, -0.1) is 10.2 Å². The topological polar surface area (TPSA) is 67.6 Å². The van der Waals surface area contributed by atoms with Gasteiger partial charge in [-0.1, -0.05) is 23.9 Å². The summed E-state index contributed by atoms with van der Waals surface area (Å²) in [4.78, 5) is 0. The Kier molecular flexibility index (Phi) is 6.09. The van der Waals surface area contributed by atoms with E-state index in [-0.39, 0.29) is 6.10 Å². The summed E-state index contributed by atoms with van der Waals surface area (Å²) in [6.45, 7) is 3.60. The summed E-state index contributed by atoms with van der Waals surface area (Å²) in [6.07, 6.45) is -0.281. The minimum Gasteiger partial charge on any atom is -0.494 e. The Morgan fingerprint density at radius 3 is 2.52 bits per heavy atom. The van der Waals surface area contributed by atoms with Crippen molar-refractivity contribution in [3.63, 3.8) is 0 Å². The molecular formula is C21H23N3O4S. The van der Waals surface area contributed by atoms with Gasteiger partial charge in [-0.05, 0) is 43.3 Å². The molecule has 0 amide bonds. The van der Waals surface area contributed by atoms with Crippen LogP contribution in [0.2, 0.25) is 0 Å². The maximum absolute atomic E-state index is 6.03. The first-order valence-electron chi connectivity index (χ1n) is 9.51. The molecule has 0 saturated heterocycles. The predicted molar refractivity (Wildman–Crippen MR) is 110 cm³/mol. The van der Waals surface area contributed by atoms with Gasteiger partial charge in [0, 0.05) is 12.8 Å². The maximum Gasteiger partial charge on any atom is 0.192 e. The number of rotatable bonds is 8. The summed E-state index contributed by atoms with van der Waals surface area (Å²) in [5, 5.41) is 9.42. The second-order valence-corrected chi connectivity index (χ2v) is 7.43. The zero-order chi connectivity index (χ0) is 20.1. The van der Waals surface area contributed by atoms with Crippen LogP contribution < -0.4 is 18.9 Å². The molecule has 0 fully saturated rings. The monoisotopic (exact) mass is 413 g/mol. The molecule has 0 saturated carbocycles. The molecule has 1 aromatic heterocycles. The van der Waals surface area contributed by atoms with Crippen LogP contribution in [0.1, 0.15) is 18.9 Å². The summed E-state index contributed by atoms with van der Waals surface area (Å²) in [7, 11) is 1.94. The number of hydrogen-bond donors (Lipinski definition) is 0. The third kappa shape index (κ3) is 4.59. The van der Waals surface area contributed by atoms with Crippen LogP contribution in [0.15, 0.2) is 53.7 Å². The number of fused-ring (bicyclic) bond motifs is 1. The fraction of sp³-hybridized carbons (Fsp3) is 0.333. The van der Waals surface area contributed by atoms with Crippen molar-refractivity contribution >= 4 is 11.8 Å². The van der Waals surface area contributed by atoms with Gasteiger partial charge in [0.05, 0.1) is 13.2 Å². The zero-order valence-electron chi connectivity index (χ0n) is 16.4. The maximum atomic E-state index is 6.03. The number of ether oxygens (including phenoxy) is 4. The highest BCUT2D eigenvalue weighted by Crippen LogP contribution is 2.35. The normalized spacial score (nSPS) is 15.2. The molecule has 2 heterocycles. The number of benzene rings is 2. The molecule has 1 unspecified atom stereocenters. The predicted octanol–water partition coefficient (Wildman–Crippen LogP) is 3.90. The van der Waals surface area contributed by atoms with E-state index in [0.29, 0.717) is 19.8 Å². The molecule has 0 bridgehead atoms. The van der Waals surface area contributed by atoms with E-state index in [0.717, 1.165) is 39.7 Å². The lowest BCUT2D eigenvalue weighted by Crippen LogP contribution is -2.24. The molecule has 1 aliphatic heterocycles. The lowest BCUT2D eigenvalue weighted by molar-refractivity contribution is 0.0825. The lowest BCUT2D eigenvalue weighted by Gasteiger charge is -2.25. The number of para-hydroxylation sites is 2. The third-order valence-corrected chi connectivity index (χ3v) is 5.37. The van der Waals surface area contributed by atoms with Crippen molar-refractivity contribution in [2.24, 2.45) is 7.05 Å². The Bertz CT molecular complexity index is 945. The van der Waals surface area contributed by atoms with E-state index in [2.05, 4.69) is 10.2 Å². The van der Waals surface area contributed by atoms with E-state index in [4.69, 9.17) is 18.9 Å². The van der Waals surface area contributed by atoms with Gasteiger partial charge < -0.3 is 23.5 Å². The molecule has 8 heteroatoms. The molecular weight excluding hydrogens is 390 g/mol. The van der Waals surface area contributed by atoms with Crippen LogP contribution in [-0.4, -0.2) is 40.3 Å². The molecule has 3 aromatic rings. The molecule has 1 aliphatic rings. The van der Waals surface area contributed by atoms with E-state index < -0.39 is 0 Å². The van der Waals surface area contributed by atoms with E-state index in [1.807, 2.05) is 67.1 Å². The third-order valence-electron chi connectivity index (χ3n) is 4.38. The average molecular weight is 413 g/mol. The van der Waals surface area contributed by atoms with E-state index >= 15 is 0 Å². The first kappa shape index (κ1) is 19.4. The second-order valence-electron chi connectivity index (χ2n) is 6.37. The highest BCUT2D eigenvalue weighted by molar-refractivity contribution is 7.99. The van der Waals surface area contributed by atoms with Crippen molar-refractivity contribution in [3.05, 3.63) is 54.4 Å². The summed E-state index contributed by atoms with van der Waals surface area (Å²) in [5.41, 5.74) is 0. The summed E-state index contributed by atoms with van der Waals surface area (Å²) < 4.78 is 25.0. The molecule has 7 nitrogen and oxygen atoms in total. The average Bonchev–Trinajstić information content (AvgIpc) is 3.12. The number of thioether (sulfide) groups is 1. The minimum atomic E-state index is -0.281. The van der Waals surface area contributed by atoms with Crippen molar-refractivity contribution in [2.45, 2.75) is 18.2 Å². The smallest absolute Gasteiger partial charge is 0.192 e. The fourth-order valence-electron chi connectivity index (χ4n) is 2.97. The Hall–Kier alpha value is -2.87. The molecule has 29 heavy (non-hydrogen) atoms. The van der Waals surface area contributed by atoms with Gasteiger partial charge in [0.1, 0.15) is 18.1 Å². The van der Waals surface area contributed by atoms with Crippen molar-refractivity contribution in [3.8, 4) is 23.0 Å². The molecule has 0 radical (unpaired) electrons. The number of aromatic nitrogens is 3. The van der Waals surface area contributed by atoms with E-state index in [1.165, 1.54) is 0 Å². The Labute approximate surface area is 173 Å². The van der Waals surface area contributed by atoms with Crippen molar-refractivity contribution < 1.29 is 18.9 Å². The van der Waals surface area contributed by atoms with Gasteiger partial charge in [-0.2, -0.15) is 0 Å². The highest BCUT2D eigenvalue weighted by atomic mass is 32.2. The van der Waals surface area contributed by atoms with Crippen LogP contribution in [0.3, 0.4) is 0 Å². The molecule has 0 aliphatic carbocycles. The first-order valence-corrected chi connectivity index (χ1v) is 10.5. The molecule has 4 rings (SSSR count). The van der Waals surface area contributed by atoms with Gasteiger partial charge in [-0.3, -0.25) is 0 Å². The van der Waals surface area contributed by atoms with Gasteiger partial charge >= 0.3 is 0 Å². The summed E-state index contributed by atoms with van der Waals surface area (Å²) in [5.74, 6) is 4.65. The largest absolute Gasteiger partial charge is 0.494 e. The van der Waals surface area contributed by atoms with Gasteiger partial charge in [0.25, 0.3) is 0 Å². The zero-order valence-corrected chi connectivity index (χ0v) is 17.2.